The monoisotopic (exact) mass is 530 g/mol. The van der Waals surface area contributed by atoms with Gasteiger partial charge in [-0.3, -0.25) is 0 Å². The second-order valence-corrected chi connectivity index (χ2v) is 20.9. The summed E-state index contributed by atoms with van der Waals surface area (Å²) >= 11 is -0.852. The molecular weight excluding hydrogens is 507 g/mol. The Morgan fingerprint density at radius 1 is 0.889 bits per heavy atom. The standard InChI is InChI=1S/C20H23IO3S2Si/c1-16-10-12-18(13-11-16)26(22,23)24-21(17-8-6-5-7-9-17)19-14-15-20(25-19)27(2,3)4/h5-15H,1-4H3/q+1. The number of rotatable bonds is 6. The van der Waals surface area contributed by atoms with E-state index in [2.05, 4.69) is 31.8 Å². The molecule has 1 aromatic heterocycles. The van der Waals surface area contributed by atoms with Crippen molar-refractivity contribution < 1.29 is 31.2 Å². The number of benzene rings is 2. The summed E-state index contributed by atoms with van der Waals surface area (Å²) in [6.07, 6.45) is 0. The van der Waals surface area contributed by atoms with Gasteiger partial charge >= 0.3 is 30.4 Å². The minimum Gasteiger partial charge on any atom is -0.190 e. The van der Waals surface area contributed by atoms with Crippen LogP contribution >= 0.6 is 11.3 Å². The van der Waals surface area contributed by atoms with E-state index in [4.69, 9.17) is 2.51 Å². The van der Waals surface area contributed by atoms with Gasteiger partial charge in [0.1, 0.15) is 0 Å². The molecule has 0 aliphatic heterocycles. The van der Waals surface area contributed by atoms with Crippen LogP contribution in [0.4, 0.5) is 0 Å². The Hall–Kier alpha value is -1.00. The lowest BCUT2D eigenvalue weighted by Crippen LogP contribution is -3.85. The zero-order chi connectivity index (χ0) is 19.7. The Kier molecular flexibility index (Phi) is 6.26. The van der Waals surface area contributed by atoms with Crippen molar-refractivity contribution in [2.24, 2.45) is 0 Å². The first-order valence-corrected chi connectivity index (χ1v) is 17.3. The van der Waals surface area contributed by atoms with Crippen molar-refractivity contribution in [2.75, 3.05) is 0 Å². The molecule has 0 aliphatic rings. The summed E-state index contributed by atoms with van der Waals surface area (Å²) in [6, 6.07) is 20.8. The van der Waals surface area contributed by atoms with Crippen LogP contribution in [0.2, 0.25) is 19.6 Å². The molecule has 0 atom stereocenters. The van der Waals surface area contributed by atoms with Gasteiger partial charge in [-0.1, -0.05) is 66.9 Å². The zero-order valence-electron chi connectivity index (χ0n) is 15.8. The summed E-state index contributed by atoms with van der Waals surface area (Å²) < 4.78 is 35.2. The summed E-state index contributed by atoms with van der Waals surface area (Å²) in [4.78, 5) is 0.216. The van der Waals surface area contributed by atoms with Crippen molar-refractivity contribution in [2.45, 2.75) is 31.5 Å². The van der Waals surface area contributed by atoms with Crippen LogP contribution in [0.5, 0.6) is 0 Å². The molecule has 1 heterocycles. The van der Waals surface area contributed by atoms with E-state index < -0.39 is 38.4 Å². The molecule has 0 amide bonds. The van der Waals surface area contributed by atoms with Gasteiger partial charge in [0, 0.05) is 6.07 Å². The van der Waals surface area contributed by atoms with Gasteiger partial charge in [0.2, 0.25) is 2.88 Å². The van der Waals surface area contributed by atoms with Crippen molar-refractivity contribution in [3.8, 4) is 0 Å². The van der Waals surface area contributed by atoms with Crippen molar-refractivity contribution in [3.05, 3.63) is 78.7 Å². The van der Waals surface area contributed by atoms with Gasteiger partial charge in [0.25, 0.3) is 0 Å². The van der Waals surface area contributed by atoms with Crippen LogP contribution < -0.4 is 24.7 Å². The maximum absolute atomic E-state index is 12.9. The van der Waals surface area contributed by atoms with E-state index in [0.717, 1.165) is 12.0 Å². The lowest BCUT2D eigenvalue weighted by Gasteiger charge is -2.11. The van der Waals surface area contributed by atoms with E-state index in [0.29, 0.717) is 0 Å². The van der Waals surface area contributed by atoms with Gasteiger partial charge in [0.15, 0.2) is 3.57 Å². The number of hydrogen-bond acceptors (Lipinski definition) is 4. The fourth-order valence-corrected chi connectivity index (χ4v) is 14.3. The molecule has 1 radical (unpaired) electrons. The minimum absolute atomic E-state index is 0.216. The Balaban J connectivity index is 2.01. The molecule has 3 nitrogen and oxygen atoms in total. The molecule has 0 bridgehead atoms. The first-order chi connectivity index (χ1) is 12.7. The van der Waals surface area contributed by atoms with Crippen LogP contribution in [0, 0.1) is 13.4 Å². The van der Waals surface area contributed by atoms with E-state index in [1.807, 2.05) is 37.3 Å². The number of halogens is 1. The molecular formula is C20H23IO3S2Si+. The zero-order valence-corrected chi connectivity index (χ0v) is 20.6. The predicted molar refractivity (Wildman–Crippen MR) is 111 cm³/mol. The van der Waals surface area contributed by atoms with Crippen LogP contribution in [0.3, 0.4) is 0 Å². The van der Waals surface area contributed by atoms with Gasteiger partial charge in [0.05, 0.1) is 13.0 Å². The number of hydrogen-bond donors (Lipinski definition) is 0. The highest BCUT2D eigenvalue weighted by atomic mass is 127. The molecule has 27 heavy (non-hydrogen) atoms. The third-order valence-corrected chi connectivity index (χ3v) is 16.8. The van der Waals surface area contributed by atoms with Gasteiger partial charge in [-0.2, -0.15) is 8.42 Å². The molecule has 2 aromatic carbocycles. The molecule has 0 fully saturated rings. The quantitative estimate of drug-likeness (QED) is 0.359. The summed E-state index contributed by atoms with van der Waals surface area (Å²) in [6.45, 7) is 8.83. The number of aryl methyl sites for hydroxylation is 1. The predicted octanol–water partition coefficient (Wildman–Crippen LogP) is 1.59. The van der Waals surface area contributed by atoms with Crippen molar-refractivity contribution >= 4 is 34.0 Å². The smallest absolute Gasteiger partial charge is 0.190 e. The van der Waals surface area contributed by atoms with Crippen molar-refractivity contribution in [1.82, 2.24) is 0 Å². The van der Waals surface area contributed by atoms with Crippen LogP contribution in [0.25, 0.3) is 0 Å². The van der Waals surface area contributed by atoms with E-state index >= 15 is 0 Å². The highest BCUT2D eigenvalue weighted by Gasteiger charge is 2.39. The largest absolute Gasteiger partial charge is 0.336 e. The van der Waals surface area contributed by atoms with Gasteiger partial charge in [-0.25, -0.2) is 0 Å². The minimum atomic E-state index is -3.81. The summed E-state index contributed by atoms with van der Waals surface area (Å²) in [7, 11) is -5.26. The first kappa shape index (κ1) is 20.7. The van der Waals surface area contributed by atoms with E-state index in [-0.39, 0.29) is 4.90 Å². The average Bonchev–Trinajstić information content (AvgIpc) is 3.11. The second-order valence-electron chi connectivity index (χ2n) is 7.23. The Labute approximate surface area is 174 Å². The van der Waals surface area contributed by atoms with E-state index in [1.165, 1.54) is 4.50 Å². The molecule has 143 valence electrons. The molecule has 0 saturated heterocycles. The highest BCUT2D eigenvalue weighted by molar-refractivity contribution is 7.86. The van der Waals surface area contributed by atoms with Crippen LogP contribution in [0.15, 0.2) is 71.6 Å². The molecule has 0 unspecified atom stereocenters. The van der Waals surface area contributed by atoms with Crippen LogP contribution in [0.1, 0.15) is 5.56 Å². The van der Waals surface area contributed by atoms with Crippen molar-refractivity contribution in [3.63, 3.8) is 0 Å². The third kappa shape index (κ3) is 5.08. The Morgan fingerprint density at radius 2 is 1.52 bits per heavy atom. The topological polar surface area (TPSA) is 43.4 Å². The van der Waals surface area contributed by atoms with Gasteiger partial charge in [-0.15, -0.1) is 0 Å². The molecule has 0 N–H and O–H groups in total. The van der Waals surface area contributed by atoms with Crippen LogP contribution in [-0.4, -0.2) is 16.5 Å². The first-order valence-electron chi connectivity index (χ1n) is 8.54. The lowest BCUT2D eigenvalue weighted by atomic mass is 10.2. The normalized spacial score (nSPS) is 12.5. The maximum atomic E-state index is 12.9. The number of thiophene rings is 1. The van der Waals surface area contributed by atoms with E-state index in [9.17, 15) is 8.42 Å². The second kappa shape index (κ2) is 8.16. The van der Waals surface area contributed by atoms with Gasteiger partial charge in [-0.05, 0) is 44.3 Å². The molecule has 3 aromatic rings. The maximum Gasteiger partial charge on any atom is 0.336 e. The summed E-state index contributed by atoms with van der Waals surface area (Å²) in [5, 5.41) is 0. The molecule has 0 spiro atoms. The summed E-state index contributed by atoms with van der Waals surface area (Å²) in [5.74, 6) is 0. The van der Waals surface area contributed by atoms with Crippen LogP contribution in [-0.2, 0) is 12.6 Å². The fourth-order valence-electron chi connectivity index (χ4n) is 2.34. The van der Waals surface area contributed by atoms with Gasteiger partial charge < -0.3 is 0 Å². The Bertz CT molecular complexity index is 1010. The third-order valence-electron chi connectivity index (χ3n) is 3.87. The molecule has 7 heteroatoms. The SMILES string of the molecule is Cc1ccc(S(=O)(=O)O[I+](c2ccccc2)c2ccc([Si](C)(C)C)s2)cc1. The fraction of sp³-hybridized carbons (Fsp3) is 0.200. The molecule has 3 rings (SSSR count). The lowest BCUT2D eigenvalue weighted by molar-refractivity contribution is -1.02. The van der Waals surface area contributed by atoms with Crippen molar-refractivity contribution in [1.29, 1.82) is 0 Å². The van der Waals surface area contributed by atoms with E-state index in [1.54, 1.807) is 35.6 Å². The average molecular weight is 531 g/mol. The highest BCUT2D eigenvalue weighted by Crippen LogP contribution is 2.12. The molecule has 0 saturated carbocycles. The Morgan fingerprint density at radius 3 is 2.07 bits per heavy atom. The molecule has 0 aliphatic carbocycles. The summed E-state index contributed by atoms with van der Waals surface area (Å²) in [5.41, 5.74) is 1.02.